The number of hydrogen-bond acceptors (Lipinski definition) is 3. The van der Waals surface area contributed by atoms with E-state index in [0.717, 1.165) is 24.9 Å². The highest BCUT2D eigenvalue weighted by molar-refractivity contribution is 6.35. The number of hydrogen-bond donors (Lipinski definition) is 2. The smallest absolute Gasteiger partial charge is 0.142 e. The van der Waals surface area contributed by atoms with Crippen LogP contribution in [0.1, 0.15) is 30.0 Å². The Labute approximate surface area is 153 Å². The first-order valence-electron chi connectivity index (χ1n) is 8.22. The van der Waals surface area contributed by atoms with Crippen molar-refractivity contribution in [3.63, 3.8) is 0 Å². The molecule has 3 nitrogen and oxygen atoms in total. The highest BCUT2D eigenvalue weighted by Gasteiger charge is 2.26. The number of ether oxygens (including phenoxy) is 1. The molecule has 1 fully saturated rings. The first-order valence-corrected chi connectivity index (χ1v) is 8.98. The normalized spacial score (nSPS) is 20.8. The van der Waals surface area contributed by atoms with Crippen molar-refractivity contribution in [3.05, 3.63) is 63.6 Å². The second kappa shape index (κ2) is 8.21. The SMILES string of the molecule is COc1c(Cl)cc(Cl)cc1CN[C@H]1CCCN[C@H]1c1ccccc1. The van der Waals surface area contributed by atoms with E-state index in [2.05, 4.69) is 34.9 Å². The molecule has 2 N–H and O–H groups in total. The van der Waals surface area contributed by atoms with Gasteiger partial charge in [-0.05, 0) is 37.1 Å². The van der Waals surface area contributed by atoms with Crippen molar-refractivity contribution < 1.29 is 4.74 Å². The Balaban J connectivity index is 1.75. The number of benzene rings is 2. The minimum Gasteiger partial charge on any atom is -0.495 e. The molecular formula is C19H22Cl2N2O. The topological polar surface area (TPSA) is 33.3 Å². The van der Waals surface area contributed by atoms with Crippen molar-refractivity contribution in [2.24, 2.45) is 0 Å². The van der Waals surface area contributed by atoms with Gasteiger partial charge in [0.2, 0.25) is 0 Å². The van der Waals surface area contributed by atoms with Crippen molar-refractivity contribution in [3.8, 4) is 5.75 Å². The van der Waals surface area contributed by atoms with Gasteiger partial charge in [0.25, 0.3) is 0 Å². The molecule has 0 aliphatic carbocycles. The zero-order valence-electron chi connectivity index (χ0n) is 13.7. The van der Waals surface area contributed by atoms with Crippen LogP contribution in [0.4, 0.5) is 0 Å². The second-order valence-electron chi connectivity index (χ2n) is 6.05. The number of piperidine rings is 1. The Morgan fingerprint density at radius 3 is 2.75 bits per heavy atom. The molecule has 0 bridgehead atoms. The van der Waals surface area contributed by atoms with Gasteiger partial charge in [-0.1, -0.05) is 53.5 Å². The maximum atomic E-state index is 6.23. The summed E-state index contributed by atoms with van der Waals surface area (Å²) in [5.74, 6) is 0.689. The molecule has 1 saturated heterocycles. The van der Waals surface area contributed by atoms with Crippen molar-refractivity contribution in [2.75, 3.05) is 13.7 Å². The average molecular weight is 365 g/mol. The molecule has 1 aliphatic rings. The van der Waals surface area contributed by atoms with Gasteiger partial charge in [0, 0.05) is 29.2 Å². The number of halogens is 2. The van der Waals surface area contributed by atoms with Gasteiger partial charge in [-0.15, -0.1) is 0 Å². The van der Waals surface area contributed by atoms with Crippen LogP contribution < -0.4 is 15.4 Å². The predicted molar refractivity (Wildman–Crippen MR) is 100 cm³/mol. The summed E-state index contributed by atoms with van der Waals surface area (Å²) in [5.41, 5.74) is 2.29. The van der Waals surface area contributed by atoms with Gasteiger partial charge in [-0.2, -0.15) is 0 Å². The van der Waals surface area contributed by atoms with E-state index in [0.29, 0.717) is 34.4 Å². The van der Waals surface area contributed by atoms with E-state index < -0.39 is 0 Å². The molecule has 3 rings (SSSR count). The van der Waals surface area contributed by atoms with Gasteiger partial charge in [0.1, 0.15) is 5.75 Å². The summed E-state index contributed by atoms with van der Waals surface area (Å²) in [7, 11) is 1.63. The van der Waals surface area contributed by atoms with Crippen LogP contribution in [0.25, 0.3) is 0 Å². The largest absolute Gasteiger partial charge is 0.495 e. The summed E-state index contributed by atoms with van der Waals surface area (Å²) in [6.45, 7) is 1.71. The third kappa shape index (κ3) is 4.04. The van der Waals surface area contributed by atoms with Crippen molar-refractivity contribution >= 4 is 23.2 Å². The fourth-order valence-corrected chi connectivity index (χ4v) is 3.95. The quantitative estimate of drug-likeness (QED) is 0.814. The van der Waals surface area contributed by atoms with Crippen LogP contribution in [0.15, 0.2) is 42.5 Å². The van der Waals surface area contributed by atoms with Crippen LogP contribution in [0.2, 0.25) is 10.0 Å². The standard InChI is InChI=1S/C19H22Cl2N2O/c1-24-19-14(10-15(20)11-16(19)21)12-23-17-8-5-9-22-18(17)13-6-3-2-4-7-13/h2-4,6-7,10-11,17-18,22-23H,5,8-9,12H2,1H3/t17-,18-/m0/s1. The number of methoxy groups -OCH3 is 1. The predicted octanol–water partition coefficient (Wildman–Crippen LogP) is 4.58. The molecule has 0 radical (unpaired) electrons. The van der Waals surface area contributed by atoms with E-state index in [9.17, 15) is 0 Å². The lowest BCUT2D eigenvalue weighted by molar-refractivity contribution is 0.303. The van der Waals surface area contributed by atoms with E-state index in [1.54, 1.807) is 13.2 Å². The minimum atomic E-state index is 0.306. The summed E-state index contributed by atoms with van der Waals surface area (Å²) in [6, 6.07) is 14.8. The zero-order valence-corrected chi connectivity index (χ0v) is 15.2. The van der Waals surface area contributed by atoms with Crippen LogP contribution >= 0.6 is 23.2 Å². The van der Waals surface area contributed by atoms with Gasteiger partial charge in [-0.25, -0.2) is 0 Å². The highest BCUT2D eigenvalue weighted by Crippen LogP contribution is 2.32. The van der Waals surface area contributed by atoms with Gasteiger partial charge in [-0.3, -0.25) is 0 Å². The fraction of sp³-hybridized carbons (Fsp3) is 0.368. The maximum absolute atomic E-state index is 6.23. The van der Waals surface area contributed by atoms with Gasteiger partial charge < -0.3 is 15.4 Å². The molecular weight excluding hydrogens is 343 g/mol. The molecule has 0 aromatic heterocycles. The van der Waals surface area contributed by atoms with Crippen molar-refractivity contribution in [2.45, 2.75) is 31.5 Å². The lowest BCUT2D eigenvalue weighted by atomic mass is 9.92. The van der Waals surface area contributed by atoms with E-state index in [-0.39, 0.29) is 0 Å². The molecule has 2 aromatic rings. The van der Waals surface area contributed by atoms with Gasteiger partial charge in [0.05, 0.1) is 12.1 Å². The van der Waals surface area contributed by atoms with Crippen LogP contribution in [0, 0.1) is 0 Å². The Morgan fingerprint density at radius 1 is 1.21 bits per heavy atom. The first-order chi connectivity index (χ1) is 11.7. The third-order valence-corrected chi connectivity index (χ3v) is 4.96. The van der Waals surface area contributed by atoms with Crippen LogP contribution in [0.5, 0.6) is 5.75 Å². The van der Waals surface area contributed by atoms with Crippen molar-refractivity contribution in [1.82, 2.24) is 10.6 Å². The average Bonchev–Trinajstić information content (AvgIpc) is 2.60. The number of nitrogens with one attached hydrogen (secondary N) is 2. The second-order valence-corrected chi connectivity index (χ2v) is 6.90. The monoisotopic (exact) mass is 364 g/mol. The molecule has 128 valence electrons. The lowest BCUT2D eigenvalue weighted by Crippen LogP contribution is -2.45. The first kappa shape index (κ1) is 17.6. The molecule has 1 heterocycles. The Bertz CT molecular complexity index is 679. The van der Waals surface area contributed by atoms with Gasteiger partial charge >= 0.3 is 0 Å². The molecule has 0 amide bonds. The van der Waals surface area contributed by atoms with Gasteiger partial charge in [0.15, 0.2) is 0 Å². The number of rotatable bonds is 5. The Hall–Kier alpha value is -1.26. The molecule has 1 aliphatic heterocycles. The van der Waals surface area contributed by atoms with Crippen molar-refractivity contribution in [1.29, 1.82) is 0 Å². The molecule has 0 saturated carbocycles. The summed E-state index contributed by atoms with van der Waals surface area (Å²) in [6.07, 6.45) is 2.29. The summed E-state index contributed by atoms with van der Waals surface area (Å²) in [4.78, 5) is 0. The third-order valence-electron chi connectivity index (χ3n) is 4.46. The maximum Gasteiger partial charge on any atom is 0.142 e. The van der Waals surface area contributed by atoms with E-state index >= 15 is 0 Å². The molecule has 2 aromatic carbocycles. The molecule has 24 heavy (non-hydrogen) atoms. The van der Waals surface area contributed by atoms with E-state index in [1.165, 1.54) is 5.56 Å². The lowest BCUT2D eigenvalue weighted by Gasteiger charge is -2.34. The minimum absolute atomic E-state index is 0.306. The van der Waals surface area contributed by atoms with Crippen LogP contribution in [0.3, 0.4) is 0 Å². The van der Waals surface area contributed by atoms with Crippen LogP contribution in [-0.4, -0.2) is 19.7 Å². The zero-order chi connectivity index (χ0) is 16.9. The molecule has 5 heteroatoms. The van der Waals surface area contributed by atoms with E-state index in [4.69, 9.17) is 27.9 Å². The summed E-state index contributed by atoms with van der Waals surface area (Å²) in [5, 5.41) is 8.45. The Morgan fingerprint density at radius 2 is 2.00 bits per heavy atom. The summed E-state index contributed by atoms with van der Waals surface area (Å²) >= 11 is 12.4. The molecule has 0 spiro atoms. The highest BCUT2D eigenvalue weighted by atomic mass is 35.5. The molecule has 0 unspecified atom stereocenters. The fourth-order valence-electron chi connectivity index (χ4n) is 3.33. The Kier molecular flexibility index (Phi) is 6.01. The molecule has 2 atom stereocenters. The van der Waals surface area contributed by atoms with Crippen LogP contribution in [-0.2, 0) is 6.54 Å². The van der Waals surface area contributed by atoms with E-state index in [1.807, 2.05) is 12.1 Å². The summed E-state index contributed by atoms with van der Waals surface area (Å²) < 4.78 is 5.44.